The quantitative estimate of drug-likeness (QED) is 0.274. The van der Waals surface area contributed by atoms with Crippen molar-refractivity contribution in [2.75, 3.05) is 5.32 Å². The van der Waals surface area contributed by atoms with Crippen molar-refractivity contribution in [3.8, 4) is 16.6 Å². The van der Waals surface area contributed by atoms with Crippen LogP contribution < -0.4 is 10.0 Å². The Morgan fingerprint density at radius 3 is 2.91 bits per heavy atom. The molecule has 160 valence electrons. The summed E-state index contributed by atoms with van der Waals surface area (Å²) >= 11 is 2.84. The molecule has 0 aromatic carbocycles. The topological polar surface area (TPSA) is 119 Å². The molecule has 10 heteroatoms. The van der Waals surface area contributed by atoms with Crippen molar-refractivity contribution >= 4 is 45.8 Å². The standard InChI is InChI=1S/C22H19N7OS2/c1-12(30)18-11-27-22(31-18)17-10-26-21-16(3-5-25-21)20(17)28-14-7-15(8-14)29-32-19-6-13(9-23)2-4-24-19/h2-6,10-11,14-15,29H,7-8H2,1H3,(H2,25,26,28)/t14-,15-. The number of aromatic amines is 1. The third kappa shape index (κ3) is 4.10. The second-order valence-electron chi connectivity index (χ2n) is 7.60. The first-order valence-electron chi connectivity index (χ1n) is 10.1. The minimum atomic E-state index is 0.0131. The monoisotopic (exact) mass is 461 g/mol. The number of Topliss-reactive ketones (excluding diaryl/α,β-unsaturated/α-hetero) is 1. The lowest BCUT2D eigenvalue weighted by molar-refractivity contribution is 0.102. The summed E-state index contributed by atoms with van der Waals surface area (Å²) in [6.45, 7) is 1.55. The highest BCUT2D eigenvalue weighted by molar-refractivity contribution is 7.97. The van der Waals surface area contributed by atoms with Crippen molar-refractivity contribution in [2.45, 2.75) is 36.9 Å². The van der Waals surface area contributed by atoms with Gasteiger partial charge in [-0.2, -0.15) is 5.26 Å². The molecule has 8 nitrogen and oxygen atoms in total. The minimum absolute atomic E-state index is 0.0131. The van der Waals surface area contributed by atoms with Gasteiger partial charge in [-0.25, -0.2) is 15.0 Å². The molecule has 0 saturated heterocycles. The van der Waals surface area contributed by atoms with E-state index in [1.807, 2.05) is 18.5 Å². The van der Waals surface area contributed by atoms with Gasteiger partial charge in [0.15, 0.2) is 5.78 Å². The Morgan fingerprint density at radius 1 is 1.25 bits per heavy atom. The van der Waals surface area contributed by atoms with Crippen molar-refractivity contribution in [2.24, 2.45) is 0 Å². The maximum absolute atomic E-state index is 11.7. The number of anilines is 1. The number of nitrogens with one attached hydrogen (secondary N) is 3. The van der Waals surface area contributed by atoms with Gasteiger partial charge in [-0.3, -0.25) is 9.52 Å². The van der Waals surface area contributed by atoms with Crippen LogP contribution in [0.5, 0.6) is 0 Å². The molecular formula is C22H19N7OS2. The third-order valence-corrected chi connectivity index (χ3v) is 7.37. The van der Waals surface area contributed by atoms with Crippen LogP contribution in [0.2, 0.25) is 0 Å². The van der Waals surface area contributed by atoms with Crippen LogP contribution in [0.1, 0.15) is 35.0 Å². The van der Waals surface area contributed by atoms with Crippen LogP contribution in [-0.4, -0.2) is 37.8 Å². The van der Waals surface area contributed by atoms with Gasteiger partial charge in [0.1, 0.15) is 15.7 Å². The lowest BCUT2D eigenvalue weighted by Crippen LogP contribution is -2.45. The Bertz CT molecular complexity index is 1330. The van der Waals surface area contributed by atoms with Crippen LogP contribution in [0, 0.1) is 11.3 Å². The summed E-state index contributed by atoms with van der Waals surface area (Å²) in [6.07, 6.45) is 8.87. The predicted octanol–water partition coefficient (Wildman–Crippen LogP) is 4.40. The van der Waals surface area contributed by atoms with E-state index in [0.29, 0.717) is 22.5 Å². The number of rotatable bonds is 7. The van der Waals surface area contributed by atoms with Gasteiger partial charge in [0.05, 0.1) is 27.8 Å². The van der Waals surface area contributed by atoms with Crippen molar-refractivity contribution in [1.82, 2.24) is 24.7 Å². The lowest BCUT2D eigenvalue weighted by atomic mass is 9.87. The van der Waals surface area contributed by atoms with Crippen molar-refractivity contribution < 1.29 is 4.79 Å². The van der Waals surface area contributed by atoms with Crippen LogP contribution in [0.4, 0.5) is 5.69 Å². The van der Waals surface area contributed by atoms with Gasteiger partial charge in [0.2, 0.25) is 0 Å². The van der Waals surface area contributed by atoms with Crippen LogP contribution >= 0.6 is 23.3 Å². The molecule has 0 unspecified atom stereocenters. The van der Waals surface area contributed by atoms with Crippen LogP contribution in [0.25, 0.3) is 21.6 Å². The first-order chi connectivity index (χ1) is 15.6. The minimum Gasteiger partial charge on any atom is -0.381 e. The molecule has 32 heavy (non-hydrogen) atoms. The third-order valence-electron chi connectivity index (χ3n) is 5.35. The largest absolute Gasteiger partial charge is 0.381 e. The highest BCUT2D eigenvalue weighted by Crippen LogP contribution is 2.38. The fraction of sp³-hybridized carbons (Fsp3) is 0.227. The molecule has 0 spiro atoms. The number of pyridine rings is 2. The number of carbonyl (C=O) groups excluding carboxylic acids is 1. The average Bonchev–Trinajstić information content (AvgIpc) is 3.45. The molecule has 1 aliphatic rings. The smallest absolute Gasteiger partial charge is 0.171 e. The summed E-state index contributed by atoms with van der Waals surface area (Å²) in [4.78, 5) is 28.8. The van der Waals surface area contributed by atoms with E-state index in [1.165, 1.54) is 23.3 Å². The number of nitriles is 1. The molecule has 4 heterocycles. The zero-order chi connectivity index (χ0) is 22.1. The number of H-pyrrole nitrogens is 1. The number of aromatic nitrogens is 4. The molecule has 5 rings (SSSR count). The number of ketones is 1. The maximum Gasteiger partial charge on any atom is 0.171 e. The fourth-order valence-electron chi connectivity index (χ4n) is 3.60. The van der Waals surface area contributed by atoms with E-state index in [2.05, 4.69) is 36.0 Å². The number of hydrogen-bond acceptors (Lipinski definition) is 9. The van der Waals surface area contributed by atoms with Gasteiger partial charge in [0.25, 0.3) is 0 Å². The Balaban J connectivity index is 1.29. The van der Waals surface area contributed by atoms with E-state index in [1.54, 1.807) is 31.5 Å². The van der Waals surface area contributed by atoms with E-state index >= 15 is 0 Å². The van der Waals surface area contributed by atoms with E-state index in [9.17, 15) is 4.79 Å². The number of hydrogen-bond donors (Lipinski definition) is 3. The first kappa shape index (κ1) is 20.6. The normalized spacial score (nSPS) is 17.6. The summed E-state index contributed by atoms with van der Waals surface area (Å²) in [5, 5.41) is 15.3. The second-order valence-corrected chi connectivity index (χ2v) is 9.49. The Kier molecular flexibility index (Phi) is 5.61. The van der Waals surface area contributed by atoms with Gasteiger partial charge in [0, 0.05) is 49.2 Å². The van der Waals surface area contributed by atoms with Crippen molar-refractivity contribution in [3.63, 3.8) is 0 Å². The van der Waals surface area contributed by atoms with E-state index in [0.717, 1.165) is 45.2 Å². The summed E-state index contributed by atoms with van der Waals surface area (Å²) < 4.78 is 3.44. The number of thiazole rings is 1. The molecule has 0 aliphatic heterocycles. The van der Waals surface area contributed by atoms with Gasteiger partial charge in [-0.15, -0.1) is 11.3 Å². The molecule has 1 saturated carbocycles. The number of carbonyl (C=O) groups is 1. The Labute approximate surface area is 192 Å². The van der Waals surface area contributed by atoms with Crippen LogP contribution in [-0.2, 0) is 0 Å². The predicted molar refractivity (Wildman–Crippen MR) is 126 cm³/mol. The summed E-state index contributed by atoms with van der Waals surface area (Å²) in [5.74, 6) is 0.0131. The summed E-state index contributed by atoms with van der Waals surface area (Å²) in [5.41, 5.74) is 3.30. The molecule has 1 fully saturated rings. The zero-order valence-corrected chi connectivity index (χ0v) is 18.8. The van der Waals surface area contributed by atoms with Crippen molar-refractivity contribution in [1.29, 1.82) is 5.26 Å². The van der Waals surface area contributed by atoms with Gasteiger partial charge < -0.3 is 10.3 Å². The molecule has 0 amide bonds. The number of nitrogens with zero attached hydrogens (tertiary/aromatic N) is 4. The maximum atomic E-state index is 11.7. The zero-order valence-electron chi connectivity index (χ0n) is 17.1. The highest BCUT2D eigenvalue weighted by atomic mass is 32.2. The SMILES string of the molecule is CC(=O)c1cnc(-c2cnc3[nH]ccc3c2N[C@H]2C[C@H](NSc3cc(C#N)ccn3)C2)s1. The fourth-order valence-corrected chi connectivity index (χ4v) is 5.21. The average molecular weight is 462 g/mol. The number of fused-ring (bicyclic) bond motifs is 1. The Morgan fingerprint density at radius 2 is 2.12 bits per heavy atom. The van der Waals surface area contributed by atoms with E-state index < -0.39 is 0 Å². The summed E-state index contributed by atoms with van der Waals surface area (Å²) in [7, 11) is 0. The van der Waals surface area contributed by atoms with E-state index in [4.69, 9.17) is 5.26 Å². The highest BCUT2D eigenvalue weighted by Gasteiger charge is 2.30. The molecule has 4 aromatic rings. The summed E-state index contributed by atoms with van der Waals surface area (Å²) in [6, 6.07) is 8.27. The van der Waals surface area contributed by atoms with Gasteiger partial charge in [-0.05, 0) is 43.0 Å². The molecule has 3 N–H and O–H groups in total. The van der Waals surface area contributed by atoms with Crippen molar-refractivity contribution in [3.05, 3.63) is 53.4 Å². The second kappa shape index (κ2) is 8.70. The molecule has 0 radical (unpaired) electrons. The molecule has 4 aromatic heterocycles. The Hall–Kier alpha value is -3.26. The first-order valence-corrected chi connectivity index (χ1v) is 11.7. The molecule has 1 aliphatic carbocycles. The lowest BCUT2D eigenvalue weighted by Gasteiger charge is -2.37. The molecule has 0 atom stereocenters. The van der Waals surface area contributed by atoms with Gasteiger partial charge in [-0.1, -0.05) is 0 Å². The van der Waals surface area contributed by atoms with Crippen LogP contribution in [0.3, 0.4) is 0 Å². The van der Waals surface area contributed by atoms with E-state index in [-0.39, 0.29) is 5.78 Å². The molecular weight excluding hydrogens is 442 g/mol. The van der Waals surface area contributed by atoms with Crippen LogP contribution in [0.15, 0.2) is 48.0 Å². The molecule has 0 bridgehead atoms. The van der Waals surface area contributed by atoms with Gasteiger partial charge >= 0.3 is 0 Å².